The van der Waals surface area contributed by atoms with Crippen LogP contribution in [-0.2, 0) is 6.54 Å². The average molecular weight is 329 g/mol. The molecule has 1 aromatic carbocycles. The fraction of sp³-hybridized carbons (Fsp3) is 0.333. The van der Waals surface area contributed by atoms with Crippen molar-refractivity contribution in [3.05, 3.63) is 38.2 Å². The molecule has 6 heteroatoms. The molecule has 1 aliphatic rings. The maximum absolute atomic E-state index is 11.9. The summed E-state index contributed by atoms with van der Waals surface area (Å²) in [6, 6.07) is 3.63. The molecule has 1 saturated heterocycles. The van der Waals surface area contributed by atoms with Crippen LogP contribution < -0.4 is 10.9 Å². The second-order valence-corrected chi connectivity index (χ2v) is 5.75. The topological polar surface area (TPSA) is 46.9 Å². The Morgan fingerprint density at radius 1 is 1.50 bits per heavy atom. The number of hydrogen-bond acceptors (Lipinski definition) is 3. The van der Waals surface area contributed by atoms with Crippen LogP contribution in [0, 0.1) is 5.92 Å². The van der Waals surface area contributed by atoms with Crippen LogP contribution in [0.15, 0.2) is 27.6 Å². The molecule has 3 rings (SSSR count). The number of rotatable bonds is 2. The van der Waals surface area contributed by atoms with E-state index in [2.05, 4.69) is 26.2 Å². The number of benzene rings is 1. The summed E-state index contributed by atoms with van der Waals surface area (Å²) in [5, 5.41) is 3.80. The van der Waals surface area contributed by atoms with Crippen LogP contribution in [0.4, 0.5) is 0 Å². The summed E-state index contributed by atoms with van der Waals surface area (Å²) in [4.78, 5) is 16.1. The SMILES string of the molecule is O=c1cnc2cc(Br)c(Cl)cc2n1CC1CNC1. The Morgan fingerprint density at radius 3 is 2.94 bits per heavy atom. The zero-order valence-electron chi connectivity index (χ0n) is 9.49. The predicted octanol–water partition coefficient (Wildman–Crippen LogP) is 2.03. The average Bonchev–Trinajstić information content (AvgIpc) is 2.28. The van der Waals surface area contributed by atoms with Crippen molar-refractivity contribution in [2.45, 2.75) is 6.54 Å². The highest BCUT2D eigenvalue weighted by Crippen LogP contribution is 2.26. The van der Waals surface area contributed by atoms with Gasteiger partial charge in [-0.2, -0.15) is 0 Å². The summed E-state index contributed by atoms with van der Waals surface area (Å²) in [5.41, 5.74) is 1.49. The van der Waals surface area contributed by atoms with Crippen LogP contribution >= 0.6 is 27.5 Å². The van der Waals surface area contributed by atoms with Crippen molar-refractivity contribution in [3.8, 4) is 0 Å². The molecule has 18 heavy (non-hydrogen) atoms. The molecular weight excluding hydrogens is 318 g/mol. The van der Waals surface area contributed by atoms with Crippen LogP contribution in [-0.4, -0.2) is 22.6 Å². The maximum Gasteiger partial charge on any atom is 0.269 e. The Bertz CT molecular complexity index is 666. The Labute approximate surface area is 117 Å². The molecule has 0 atom stereocenters. The molecule has 1 aromatic heterocycles. The second-order valence-electron chi connectivity index (χ2n) is 4.49. The molecule has 0 aliphatic carbocycles. The highest BCUT2D eigenvalue weighted by Gasteiger charge is 2.19. The summed E-state index contributed by atoms with van der Waals surface area (Å²) in [6.07, 6.45) is 1.37. The van der Waals surface area contributed by atoms with Crippen molar-refractivity contribution in [3.63, 3.8) is 0 Å². The van der Waals surface area contributed by atoms with E-state index in [4.69, 9.17) is 11.6 Å². The monoisotopic (exact) mass is 327 g/mol. The molecule has 2 heterocycles. The minimum Gasteiger partial charge on any atom is -0.316 e. The molecule has 94 valence electrons. The quantitative estimate of drug-likeness (QED) is 0.917. The molecule has 0 spiro atoms. The molecule has 0 bridgehead atoms. The Morgan fingerprint density at radius 2 is 2.28 bits per heavy atom. The first kappa shape index (κ1) is 12.1. The Hall–Kier alpha value is -0.910. The van der Waals surface area contributed by atoms with Gasteiger partial charge in [-0.1, -0.05) is 11.6 Å². The minimum absolute atomic E-state index is 0.0761. The van der Waals surface area contributed by atoms with Gasteiger partial charge in [0.2, 0.25) is 0 Å². The Balaban J connectivity index is 2.17. The Kier molecular flexibility index (Phi) is 3.13. The van der Waals surface area contributed by atoms with E-state index < -0.39 is 0 Å². The number of nitrogens with one attached hydrogen (secondary N) is 1. The van der Waals surface area contributed by atoms with Crippen molar-refractivity contribution in [2.24, 2.45) is 5.92 Å². The normalized spacial score (nSPS) is 15.9. The first-order valence-electron chi connectivity index (χ1n) is 5.70. The van der Waals surface area contributed by atoms with Crippen molar-refractivity contribution in [1.82, 2.24) is 14.9 Å². The maximum atomic E-state index is 11.9. The highest BCUT2D eigenvalue weighted by molar-refractivity contribution is 9.10. The van der Waals surface area contributed by atoms with E-state index in [0.717, 1.165) is 28.6 Å². The van der Waals surface area contributed by atoms with Crippen LogP contribution in [0.3, 0.4) is 0 Å². The molecule has 1 aliphatic heterocycles. The zero-order valence-corrected chi connectivity index (χ0v) is 11.8. The summed E-state index contributed by atoms with van der Waals surface area (Å²) in [7, 11) is 0. The molecule has 0 unspecified atom stereocenters. The van der Waals surface area contributed by atoms with Crippen molar-refractivity contribution >= 4 is 38.6 Å². The first-order chi connectivity index (χ1) is 8.65. The molecular formula is C12H11BrClN3O. The van der Waals surface area contributed by atoms with Gasteiger partial charge in [-0.25, -0.2) is 4.98 Å². The van der Waals surface area contributed by atoms with Crippen molar-refractivity contribution < 1.29 is 0 Å². The summed E-state index contributed by atoms with van der Waals surface area (Å²) in [6.45, 7) is 2.63. The molecule has 4 nitrogen and oxygen atoms in total. The standard InChI is InChI=1S/C12H11BrClN3O/c13-8-1-10-11(2-9(8)14)17(12(18)5-16-10)6-7-3-15-4-7/h1-2,5,7,15H,3-4,6H2. The smallest absolute Gasteiger partial charge is 0.269 e. The van der Waals surface area contributed by atoms with Gasteiger partial charge in [-0.15, -0.1) is 0 Å². The summed E-state index contributed by atoms with van der Waals surface area (Å²) < 4.78 is 2.55. The molecule has 1 fully saturated rings. The fourth-order valence-electron chi connectivity index (χ4n) is 2.08. The largest absolute Gasteiger partial charge is 0.316 e. The number of halogens is 2. The fourth-order valence-corrected chi connectivity index (χ4v) is 2.57. The van der Waals surface area contributed by atoms with Gasteiger partial charge in [0.05, 0.1) is 22.3 Å². The number of hydrogen-bond donors (Lipinski definition) is 1. The third-order valence-electron chi connectivity index (χ3n) is 3.20. The van der Waals surface area contributed by atoms with Gasteiger partial charge in [0.1, 0.15) is 0 Å². The van der Waals surface area contributed by atoms with Gasteiger partial charge in [-0.05, 0) is 28.1 Å². The summed E-state index contributed by atoms with van der Waals surface area (Å²) in [5.74, 6) is 0.510. The molecule has 1 N–H and O–H groups in total. The van der Waals surface area contributed by atoms with E-state index in [1.165, 1.54) is 6.20 Å². The lowest BCUT2D eigenvalue weighted by Gasteiger charge is -2.28. The van der Waals surface area contributed by atoms with Crippen LogP contribution in [0.5, 0.6) is 0 Å². The third kappa shape index (κ3) is 2.06. The molecule has 0 amide bonds. The van der Waals surface area contributed by atoms with Crippen LogP contribution in [0.2, 0.25) is 5.02 Å². The van der Waals surface area contributed by atoms with E-state index in [9.17, 15) is 4.79 Å². The first-order valence-corrected chi connectivity index (χ1v) is 6.87. The predicted molar refractivity (Wildman–Crippen MR) is 75.1 cm³/mol. The lowest BCUT2D eigenvalue weighted by atomic mass is 10.0. The van der Waals surface area contributed by atoms with Gasteiger partial charge in [0.15, 0.2) is 0 Å². The number of nitrogens with zero attached hydrogens (tertiary/aromatic N) is 2. The highest BCUT2D eigenvalue weighted by atomic mass is 79.9. The van der Waals surface area contributed by atoms with E-state index in [0.29, 0.717) is 17.5 Å². The van der Waals surface area contributed by atoms with Gasteiger partial charge in [0.25, 0.3) is 5.56 Å². The second kappa shape index (κ2) is 4.64. The molecule has 0 saturated carbocycles. The van der Waals surface area contributed by atoms with Crippen molar-refractivity contribution in [1.29, 1.82) is 0 Å². The number of fused-ring (bicyclic) bond motifs is 1. The van der Waals surface area contributed by atoms with E-state index in [1.807, 2.05) is 6.07 Å². The molecule has 2 aromatic rings. The van der Waals surface area contributed by atoms with Gasteiger partial charge in [-0.3, -0.25) is 4.79 Å². The third-order valence-corrected chi connectivity index (χ3v) is 4.39. The van der Waals surface area contributed by atoms with Crippen LogP contribution in [0.1, 0.15) is 0 Å². The number of aromatic nitrogens is 2. The minimum atomic E-state index is -0.0761. The van der Waals surface area contributed by atoms with E-state index in [1.54, 1.807) is 10.6 Å². The summed E-state index contributed by atoms with van der Waals surface area (Å²) >= 11 is 9.46. The zero-order chi connectivity index (χ0) is 12.7. The lowest BCUT2D eigenvalue weighted by molar-refractivity contribution is 0.307. The van der Waals surface area contributed by atoms with Gasteiger partial charge in [0, 0.05) is 30.0 Å². The lowest BCUT2D eigenvalue weighted by Crippen LogP contribution is -2.45. The van der Waals surface area contributed by atoms with E-state index >= 15 is 0 Å². The van der Waals surface area contributed by atoms with Crippen LogP contribution in [0.25, 0.3) is 11.0 Å². The van der Waals surface area contributed by atoms with Gasteiger partial charge >= 0.3 is 0 Å². The van der Waals surface area contributed by atoms with Gasteiger partial charge < -0.3 is 9.88 Å². The van der Waals surface area contributed by atoms with Crippen molar-refractivity contribution in [2.75, 3.05) is 13.1 Å². The molecule has 0 radical (unpaired) electrons. The van der Waals surface area contributed by atoms with E-state index in [-0.39, 0.29) is 5.56 Å².